The topological polar surface area (TPSA) is 332 Å². The van der Waals surface area contributed by atoms with Crippen LogP contribution in [0.3, 0.4) is 0 Å². The van der Waals surface area contributed by atoms with Gasteiger partial charge in [0.05, 0.1) is 30.9 Å². The molecule has 1 saturated heterocycles. The van der Waals surface area contributed by atoms with Gasteiger partial charge in [-0.05, 0) is 68.8 Å². The van der Waals surface area contributed by atoms with Crippen molar-refractivity contribution < 1.29 is 48.9 Å². The number of aliphatic hydroxyl groups excluding tert-OH is 3. The van der Waals surface area contributed by atoms with Gasteiger partial charge in [-0.2, -0.15) is 0 Å². The van der Waals surface area contributed by atoms with Crippen LogP contribution in [0.15, 0.2) is 91.1 Å². The Morgan fingerprint density at radius 2 is 1.31 bits per heavy atom. The number of fused-ring (bicyclic) bond motifs is 1. The lowest BCUT2D eigenvalue weighted by Crippen LogP contribution is -2.62. The molecule has 1 aliphatic rings. The average molecular weight is 1020 g/mol. The number of para-hydroxylation sites is 1. The van der Waals surface area contributed by atoms with Crippen molar-refractivity contribution in [2.75, 3.05) is 24.7 Å². The predicted molar refractivity (Wildman–Crippen MR) is 272 cm³/mol. The first kappa shape index (κ1) is 55.9. The van der Waals surface area contributed by atoms with Crippen LogP contribution in [0.2, 0.25) is 0 Å². The molecule has 0 saturated carbocycles. The fourth-order valence-corrected chi connectivity index (χ4v) is 10.1. The van der Waals surface area contributed by atoms with Crippen LogP contribution < -0.4 is 48.7 Å². The lowest BCUT2D eigenvalue weighted by molar-refractivity contribution is -0.136. The van der Waals surface area contributed by atoms with E-state index in [1.54, 1.807) is 60.8 Å². The molecule has 15 N–H and O–H groups in total. The number of aromatic amines is 1. The van der Waals surface area contributed by atoms with Crippen molar-refractivity contribution in [2.45, 2.75) is 113 Å². The van der Waals surface area contributed by atoms with Crippen molar-refractivity contribution in [3.63, 3.8) is 0 Å². The van der Waals surface area contributed by atoms with Crippen molar-refractivity contribution in [1.29, 1.82) is 0 Å². The minimum atomic E-state index is -1.66. The second-order valence-electron chi connectivity index (χ2n) is 17.5. The second-order valence-corrected chi connectivity index (χ2v) is 20.0. The number of nitrogens with two attached hydrogens (primary N) is 2. The Balaban J connectivity index is 1.56. The zero-order valence-electron chi connectivity index (χ0n) is 39.7. The summed E-state index contributed by atoms with van der Waals surface area (Å²) in [7, 11) is 2.06. The lowest BCUT2D eigenvalue weighted by Gasteiger charge is -2.29. The third-order valence-electron chi connectivity index (χ3n) is 11.9. The predicted octanol–water partition coefficient (Wildman–Crippen LogP) is -0.805. The van der Waals surface area contributed by atoms with E-state index in [0.29, 0.717) is 24.0 Å². The van der Waals surface area contributed by atoms with Crippen LogP contribution in [-0.2, 0) is 52.8 Å². The maximum Gasteiger partial charge on any atom is 0.245 e. The Hall–Kier alpha value is -6.01. The molecular formula is C49H66N10O10S2. The first-order valence-electron chi connectivity index (χ1n) is 23.5. The van der Waals surface area contributed by atoms with E-state index >= 15 is 0 Å². The Bertz CT molecular complexity index is 2400. The summed E-state index contributed by atoms with van der Waals surface area (Å²) in [6, 6.07) is 14.6. The molecule has 20 nitrogen and oxygen atoms in total. The van der Waals surface area contributed by atoms with Crippen LogP contribution in [0.25, 0.3) is 10.9 Å². The Kier molecular flexibility index (Phi) is 22.2. The summed E-state index contributed by atoms with van der Waals surface area (Å²) in [6.07, 6.45) is -0.156. The fourth-order valence-electron chi connectivity index (χ4n) is 7.73. The molecule has 0 radical (unpaired) electrons. The van der Waals surface area contributed by atoms with Gasteiger partial charge in [0.1, 0.15) is 36.3 Å². The number of aliphatic hydroxyl groups is 3. The van der Waals surface area contributed by atoms with Crippen molar-refractivity contribution in [2.24, 2.45) is 11.5 Å². The maximum atomic E-state index is 14.7. The monoisotopic (exact) mass is 1020 g/mol. The van der Waals surface area contributed by atoms with Crippen molar-refractivity contribution in [1.82, 2.24) is 42.2 Å². The number of benzene rings is 3. The van der Waals surface area contributed by atoms with Crippen LogP contribution >= 0.6 is 21.6 Å². The summed E-state index contributed by atoms with van der Waals surface area (Å²) in [5.74, 6) is -6.01. The van der Waals surface area contributed by atoms with E-state index in [4.69, 9.17) is 11.5 Å². The summed E-state index contributed by atoms with van der Waals surface area (Å²) < 4.78 is 0. The van der Waals surface area contributed by atoms with Gasteiger partial charge in [0.2, 0.25) is 41.4 Å². The highest BCUT2D eigenvalue weighted by Crippen LogP contribution is 2.24. The summed E-state index contributed by atoms with van der Waals surface area (Å²) in [4.78, 5) is 103. The summed E-state index contributed by atoms with van der Waals surface area (Å²) in [5.41, 5.74) is 15.0. The van der Waals surface area contributed by atoms with Gasteiger partial charge in [0.25, 0.3) is 0 Å². The standard InChI is InChI=1S/C49H66N10O10S2/c1-28(61)39(25-60)56-48(68)41-27-71-70-26-40(57-43(63)34(51)21-30-13-5-3-6-14-30)47(67)54-37(22-31-15-7-4-8-16-31)45(65)55-38(23-32-24-52-35-18-10-9-17-33(32)35)46(66)53-36(19-11-12-20-50)44(64)59-42(29(2)62)49(69)58-41/h3-10,13-18,24,28-29,34,36-42,52,60-62H,11-12,19-23,25-27,50-51H2,1-2H3,(H,53,66)(H,54,67)(H,55,65)(H,56,68)(H,57,63)(H,58,69)(H,59,64)/t28-,29-,34-,36+,37+,38+,39-,40+,41+,42+/m1/s1. The van der Waals surface area contributed by atoms with E-state index in [9.17, 15) is 48.9 Å². The summed E-state index contributed by atoms with van der Waals surface area (Å²) in [6.45, 7) is 2.23. The van der Waals surface area contributed by atoms with E-state index in [-0.39, 0.29) is 43.7 Å². The number of carbonyl (C=O) groups excluding carboxylic acids is 7. The number of aromatic nitrogens is 1. The number of unbranched alkanes of at least 4 members (excludes halogenated alkanes) is 1. The van der Waals surface area contributed by atoms with Crippen LogP contribution in [0.1, 0.15) is 49.8 Å². The SMILES string of the molecule is C[C@@H](O)[C@@H]1NC(=O)[C@H](CCCCN)NC(=O)[C@H](Cc2c[nH]c3ccccc23)NC(=O)[C@H](Cc2ccccc2)NC(=O)[C@@H](NC(=O)[C@H](N)Cc2ccccc2)CSSC[C@@H](C(=O)N[C@H](CO)[C@@H](C)O)NC1=O. The highest BCUT2D eigenvalue weighted by molar-refractivity contribution is 8.76. The minimum absolute atomic E-state index is 0.0340. The van der Waals surface area contributed by atoms with E-state index in [1.165, 1.54) is 13.8 Å². The number of carbonyl (C=O) groups is 7. The Labute approximate surface area is 420 Å². The molecule has 1 fully saturated rings. The third kappa shape index (κ3) is 17.1. The van der Waals surface area contributed by atoms with E-state index in [0.717, 1.165) is 38.1 Å². The maximum absolute atomic E-state index is 14.7. The van der Waals surface area contributed by atoms with Gasteiger partial charge in [-0.1, -0.05) is 100 Å². The molecule has 3 aromatic carbocycles. The van der Waals surface area contributed by atoms with Gasteiger partial charge in [-0.3, -0.25) is 33.6 Å². The van der Waals surface area contributed by atoms with Crippen LogP contribution in [-0.4, -0.2) is 147 Å². The summed E-state index contributed by atoms with van der Waals surface area (Å²) >= 11 is 0. The Morgan fingerprint density at radius 1 is 0.718 bits per heavy atom. The highest BCUT2D eigenvalue weighted by atomic mass is 33.1. The van der Waals surface area contributed by atoms with Crippen LogP contribution in [0, 0.1) is 0 Å². The molecule has 71 heavy (non-hydrogen) atoms. The molecule has 10 atom stereocenters. The molecule has 5 rings (SSSR count). The molecule has 0 unspecified atom stereocenters. The molecule has 0 bridgehead atoms. The van der Waals surface area contributed by atoms with Crippen molar-refractivity contribution in [3.05, 3.63) is 108 Å². The molecule has 0 spiro atoms. The smallest absolute Gasteiger partial charge is 0.245 e. The number of H-pyrrole nitrogens is 1. The molecule has 384 valence electrons. The number of hydrogen-bond donors (Lipinski definition) is 13. The van der Waals surface area contributed by atoms with Crippen molar-refractivity contribution in [3.8, 4) is 0 Å². The highest BCUT2D eigenvalue weighted by Gasteiger charge is 2.36. The molecule has 22 heteroatoms. The zero-order valence-corrected chi connectivity index (χ0v) is 41.3. The van der Waals surface area contributed by atoms with Crippen molar-refractivity contribution >= 4 is 73.8 Å². The largest absolute Gasteiger partial charge is 0.394 e. The number of rotatable bonds is 17. The molecule has 0 aliphatic carbocycles. The van der Waals surface area contributed by atoms with Crippen LogP contribution in [0.4, 0.5) is 0 Å². The lowest BCUT2D eigenvalue weighted by atomic mass is 10.0. The first-order chi connectivity index (χ1) is 34.1. The molecule has 2 heterocycles. The summed E-state index contributed by atoms with van der Waals surface area (Å²) in [5, 5.41) is 50.5. The van der Waals surface area contributed by atoms with E-state index in [1.807, 2.05) is 30.3 Å². The normalized spacial score (nSPS) is 22.8. The Morgan fingerprint density at radius 3 is 1.96 bits per heavy atom. The zero-order chi connectivity index (χ0) is 51.5. The molecule has 7 amide bonds. The van der Waals surface area contributed by atoms with Crippen LogP contribution in [0.5, 0.6) is 0 Å². The average Bonchev–Trinajstić information content (AvgIpc) is 3.76. The first-order valence-corrected chi connectivity index (χ1v) is 26.0. The van der Waals surface area contributed by atoms with Gasteiger partial charge in [-0.15, -0.1) is 0 Å². The molecule has 1 aromatic heterocycles. The van der Waals surface area contributed by atoms with E-state index in [2.05, 4.69) is 42.2 Å². The fraction of sp³-hybridized carbons (Fsp3) is 0.449. The van der Waals surface area contributed by atoms with E-state index < -0.39 is 108 Å². The quantitative estimate of drug-likeness (QED) is 0.0455. The molecule has 1 aliphatic heterocycles. The molecule has 4 aromatic rings. The minimum Gasteiger partial charge on any atom is -0.394 e. The third-order valence-corrected chi connectivity index (χ3v) is 14.3. The second kappa shape index (κ2) is 28.1. The molecular weight excluding hydrogens is 953 g/mol. The number of amides is 7. The van der Waals surface area contributed by atoms with Gasteiger partial charge >= 0.3 is 0 Å². The van der Waals surface area contributed by atoms with Gasteiger partial charge in [0, 0.05) is 41.4 Å². The van der Waals surface area contributed by atoms with Gasteiger partial charge < -0.3 is 69.0 Å². The van der Waals surface area contributed by atoms with Gasteiger partial charge in [-0.25, -0.2) is 0 Å². The number of nitrogens with one attached hydrogen (secondary N) is 8. The van der Waals surface area contributed by atoms with Gasteiger partial charge in [0.15, 0.2) is 0 Å². The number of hydrogen-bond acceptors (Lipinski definition) is 14.